The first-order valence-electron chi connectivity index (χ1n) is 19.8. The van der Waals surface area contributed by atoms with Gasteiger partial charge in [-0.15, -0.1) is 0 Å². The quantitative estimate of drug-likeness (QED) is 0.203. The molecule has 4 saturated carbocycles. The Hall–Kier alpha value is -3.21. The highest BCUT2D eigenvalue weighted by molar-refractivity contribution is 5.86. The maximum atomic E-state index is 14.3. The zero-order chi connectivity index (χ0) is 36.3. The molecule has 0 radical (unpaired) electrons. The van der Waals surface area contributed by atoms with Crippen LogP contribution in [0.25, 0.3) is 0 Å². The minimum absolute atomic E-state index is 0.00220. The molecule has 51 heavy (non-hydrogen) atoms. The van der Waals surface area contributed by atoms with Gasteiger partial charge in [-0.1, -0.05) is 107 Å². The van der Waals surface area contributed by atoms with Crippen LogP contribution in [0, 0.1) is 50.2 Å². The van der Waals surface area contributed by atoms with E-state index in [9.17, 15) is 14.4 Å². The van der Waals surface area contributed by atoms with Gasteiger partial charge in [0.25, 0.3) is 0 Å². The molecular weight excluding hydrogens is 633 g/mol. The second kappa shape index (κ2) is 13.0. The monoisotopic (exact) mass is 692 g/mol. The highest BCUT2D eigenvalue weighted by atomic mass is 16.5. The van der Waals surface area contributed by atoms with Gasteiger partial charge in [-0.2, -0.15) is 0 Å². The van der Waals surface area contributed by atoms with Crippen LogP contribution in [-0.4, -0.2) is 24.3 Å². The number of carbonyl (C=O) groups excluding carboxylic acids is 3. The largest absolute Gasteiger partial charge is 0.465 e. The van der Waals surface area contributed by atoms with E-state index >= 15 is 0 Å². The minimum atomic E-state index is -0.681. The molecule has 0 N–H and O–H groups in total. The normalized spacial score (nSPS) is 38.2. The van der Waals surface area contributed by atoms with Gasteiger partial charge in [0, 0.05) is 12.8 Å². The van der Waals surface area contributed by atoms with E-state index in [1.165, 1.54) is 5.57 Å². The number of fused-ring (bicyclic) bond motifs is 7. The summed E-state index contributed by atoms with van der Waals surface area (Å²) in [7, 11) is 0. The van der Waals surface area contributed by atoms with Crippen LogP contribution in [0.1, 0.15) is 123 Å². The van der Waals surface area contributed by atoms with E-state index in [1.54, 1.807) is 0 Å². The van der Waals surface area contributed by atoms with Crippen LogP contribution in [0.4, 0.5) is 0 Å². The molecule has 0 amide bonds. The summed E-state index contributed by atoms with van der Waals surface area (Å²) >= 11 is 0. The molecule has 5 aliphatic rings. The molecule has 0 aromatic heterocycles. The zero-order valence-electron chi connectivity index (χ0n) is 32.0. The van der Waals surface area contributed by atoms with E-state index in [2.05, 4.69) is 47.6 Å². The van der Waals surface area contributed by atoms with Gasteiger partial charge in [-0.3, -0.25) is 14.4 Å². The Balaban J connectivity index is 1.14. The Bertz CT molecular complexity index is 1680. The van der Waals surface area contributed by atoms with E-state index in [1.807, 2.05) is 60.7 Å². The lowest BCUT2D eigenvalue weighted by Crippen LogP contribution is -2.65. The molecule has 2 aromatic rings. The summed E-state index contributed by atoms with van der Waals surface area (Å²) in [6, 6.07) is 20.1. The number of esters is 2. The van der Waals surface area contributed by atoms with Crippen molar-refractivity contribution in [3.8, 4) is 0 Å². The number of Topliss-reactive ketones (excluding diaryl/α,β-unsaturated/α-hetero) is 1. The van der Waals surface area contributed by atoms with Crippen LogP contribution in [0.15, 0.2) is 72.3 Å². The van der Waals surface area contributed by atoms with Crippen LogP contribution >= 0.6 is 0 Å². The van der Waals surface area contributed by atoms with Crippen LogP contribution in [0.3, 0.4) is 0 Å². The number of aryl methyl sites for hydroxylation is 1. The standard InChI is InChI=1S/C46H60O5/c1-41(2)25-27-46(40(49)50-30-33-15-11-8-12-16-33)28-26-44(5)34(35(46)29-41)18-19-37-42(3)23-22-38(47)43(4,36(42)21-24-45(37,44)6)31-51-39(48)20-17-32-13-9-7-10-14-32/h7-16,18,35-37H,17,19-31H2,1-6H3/t35-,36+,37+,42-,43-,44+,45+,46-/m0/s1. The first-order valence-corrected chi connectivity index (χ1v) is 19.8. The van der Waals surface area contributed by atoms with Crippen molar-refractivity contribution in [1.29, 1.82) is 0 Å². The average molecular weight is 693 g/mol. The number of hydrogen-bond acceptors (Lipinski definition) is 5. The van der Waals surface area contributed by atoms with Crippen molar-refractivity contribution in [1.82, 2.24) is 0 Å². The molecule has 5 heteroatoms. The van der Waals surface area contributed by atoms with Crippen molar-refractivity contribution >= 4 is 17.7 Å². The topological polar surface area (TPSA) is 69.7 Å². The van der Waals surface area contributed by atoms with Crippen LogP contribution < -0.4 is 0 Å². The Morgan fingerprint density at radius 2 is 1.43 bits per heavy atom. The van der Waals surface area contributed by atoms with Gasteiger partial charge in [-0.25, -0.2) is 0 Å². The van der Waals surface area contributed by atoms with Crippen molar-refractivity contribution in [2.75, 3.05) is 6.61 Å². The van der Waals surface area contributed by atoms with E-state index in [-0.39, 0.29) is 57.8 Å². The molecule has 8 atom stereocenters. The summed E-state index contributed by atoms with van der Waals surface area (Å²) in [5.41, 5.74) is 2.63. The Kier molecular flexibility index (Phi) is 9.23. The summed E-state index contributed by atoms with van der Waals surface area (Å²) in [6.45, 7) is 14.9. The lowest BCUT2D eigenvalue weighted by molar-refractivity contribution is -0.198. The molecule has 5 aliphatic carbocycles. The van der Waals surface area contributed by atoms with Crippen molar-refractivity contribution in [2.24, 2.45) is 50.2 Å². The second-order valence-electron chi connectivity index (χ2n) is 18.9. The molecule has 0 spiro atoms. The third kappa shape index (κ3) is 5.93. The van der Waals surface area contributed by atoms with Crippen LogP contribution in [0.5, 0.6) is 0 Å². The Labute approximate surface area is 306 Å². The first kappa shape index (κ1) is 36.2. The number of rotatable bonds is 8. The van der Waals surface area contributed by atoms with Crippen molar-refractivity contribution in [3.05, 3.63) is 83.4 Å². The van der Waals surface area contributed by atoms with E-state index in [4.69, 9.17) is 9.47 Å². The summed E-state index contributed by atoms with van der Waals surface area (Å²) in [5.74, 6) is 0.783. The summed E-state index contributed by atoms with van der Waals surface area (Å²) in [6.07, 6.45) is 12.7. The third-order valence-electron chi connectivity index (χ3n) is 15.8. The van der Waals surface area contributed by atoms with Crippen LogP contribution in [-0.2, 0) is 36.9 Å². The predicted molar refractivity (Wildman–Crippen MR) is 200 cm³/mol. The SMILES string of the molecule is CC1(C)CC[C@]2(C(=O)OCc3ccccc3)CC[C@]3(C)C(=CC[C@@H]4[C@@]5(C)CCC(=O)[C@@](C)(COC(=O)CCc6ccccc6)[C@@H]5CC[C@]43C)[C@@H]2C1. The fraction of sp³-hybridized carbons (Fsp3) is 0.630. The molecule has 2 aromatic carbocycles. The van der Waals surface area contributed by atoms with Gasteiger partial charge in [-0.05, 0) is 122 Å². The van der Waals surface area contributed by atoms with Gasteiger partial charge >= 0.3 is 11.9 Å². The second-order valence-corrected chi connectivity index (χ2v) is 18.9. The highest BCUT2D eigenvalue weighted by Crippen LogP contribution is 2.75. The van der Waals surface area contributed by atoms with Gasteiger partial charge in [0.15, 0.2) is 0 Å². The van der Waals surface area contributed by atoms with E-state index < -0.39 is 10.8 Å². The van der Waals surface area contributed by atoms with Crippen molar-refractivity contribution in [2.45, 2.75) is 125 Å². The number of carbonyl (C=O) groups is 3. The summed E-state index contributed by atoms with van der Waals surface area (Å²) in [5, 5.41) is 0. The Morgan fingerprint density at radius 1 is 0.765 bits per heavy atom. The fourth-order valence-corrected chi connectivity index (χ4v) is 12.5. The number of ketones is 1. The predicted octanol–water partition coefficient (Wildman–Crippen LogP) is 10.3. The number of ether oxygens (including phenoxy) is 2. The smallest absolute Gasteiger partial charge is 0.313 e. The van der Waals surface area contributed by atoms with Gasteiger partial charge in [0.1, 0.15) is 19.0 Å². The lowest BCUT2D eigenvalue weighted by Gasteiger charge is -2.70. The van der Waals surface area contributed by atoms with Gasteiger partial charge < -0.3 is 9.47 Å². The fourth-order valence-electron chi connectivity index (χ4n) is 12.5. The third-order valence-corrected chi connectivity index (χ3v) is 15.8. The number of benzene rings is 2. The molecule has 0 saturated heterocycles. The number of hydrogen-bond donors (Lipinski definition) is 0. The van der Waals surface area contributed by atoms with Gasteiger partial charge in [0.05, 0.1) is 10.8 Å². The molecule has 0 aliphatic heterocycles. The van der Waals surface area contributed by atoms with Crippen molar-refractivity contribution in [3.63, 3.8) is 0 Å². The first-order chi connectivity index (χ1) is 24.2. The van der Waals surface area contributed by atoms with Crippen molar-refractivity contribution < 1.29 is 23.9 Å². The molecule has 7 rings (SSSR count). The molecule has 4 fully saturated rings. The van der Waals surface area contributed by atoms with E-state index in [0.717, 1.165) is 68.9 Å². The molecule has 5 nitrogen and oxygen atoms in total. The maximum Gasteiger partial charge on any atom is 0.313 e. The molecule has 0 unspecified atom stereocenters. The molecule has 0 heterocycles. The van der Waals surface area contributed by atoms with Gasteiger partial charge in [0.2, 0.25) is 0 Å². The zero-order valence-corrected chi connectivity index (χ0v) is 32.0. The highest BCUT2D eigenvalue weighted by Gasteiger charge is 2.70. The summed E-state index contributed by atoms with van der Waals surface area (Å²) < 4.78 is 12.2. The maximum absolute atomic E-state index is 14.3. The van der Waals surface area contributed by atoms with E-state index in [0.29, 0.717) is 31.8 Å². The van der Waals surface area contributed by atoms with Crippen LogP contribution in [0.2, 0.25) is 0 Å². The number of allylic oxidation sites excluding steroid dienone is 2. The lowest BCUT2D eigenvalue weighted by atomic mass is 9.33. The minimum Gasteiger partial charge on any atom is -0.465 e. The molecular formula is C46H60O5. The molecule has 274 valence electrons. The molecule has 0 bridgehead atoms. The Morgan fingerprint density at radius 3 is 2.14 bits per heavy atom. The summed E-state index contributed by atoms with van der Waals surface area (Å²) in [4.78, 5) is 41.2. The average Bonchev–Trinajstić information content (AvgIpc) is 3.11.